The standard InChI is InChI=1S/C29H25F4N5O3/c1-15-3-7-22-17(11-15)9-10-38-27(36-22)24(26(34)39)25(37-38)19-6-4-16(12-21(19)30)14-35-28(40)20-13-18(29(31,32)33)5-8-23(20)41-2/h3-8,11-13,36H,9-10,14H2,1-2H3,(H2,34,39)(H,35,40). The number of amides is 2. The van der Waals surface area contributed by atoms with Crippen molar-refractivity contribution >= 4 is 23.3 Å². The van der Waals surface area contributed by atoms with Crippen molar-refractivity contribution in [2.45, 2.75) is 32.6 Å². The van der Waals surface area contributed by atoms with Crippen LogP contribution in [0.25, 0.3) is 11.3 Å². The van der Waals surface area contributed by atoms with Crippen LogP contribution in [0.15, 0.2) is 54.6 Å². The first-order valence-corrected chi connectivity index (χ1v) is 12.6. The van der Waals surface area contributed by atoms with E-state index in [1.54, 1.807) is 4.68 Å². The summed E-state index contributed by atoms with van der Waals surface area (Å²) in [6.45, 7) is 2.23. The van der Waals surface area contributed by atoms with Gasteiger partial charge in [0.25, 0.3) is 11.8 Å². The lowest BCUT2D eigenvalue weighted by Gasteiger charge is -2.13. The van der Waals surface area contributed by atoms with Gasteiger partial charge in [0.15, 0.2) is 0 Å². The summed E-state index contributed by atoms with van der Waals surface area (Å²) >= 11 is 0. The van der Waals surface area contributed by atoms with Gasteiger partial charge in [-0.2, -0.15) is 18.3 Å². The topological polar surface area (TPSA) is 111 Å². The van der Waals surface area contributed by atoms with Gasteiger partial charge in [-0.05, 0) is 60.9 Å². The Kier molecular flexibility index (Phi) is 7.16. The first kappa shape index (κ1) is 27.7. The highest BCUT2D eigenvalue weighted by Gasteiger charge is 2.32. The van der Waals surface area contributed by atoms with Gasteiger partial charge in [-0.1, -0.05) is 23.8 Å². The number of hydrogen-bond donors (Lipinski definition) is 3. The van der Waals surface area contributed by atoms with Gasteiger partial charge in [-0.15, -0.1) is 0 Å². The van der Waals surface area contributed by atoms with Crippen molar-refractivity contribution in [3.63, 3.8) is 0 Å². The monoisotopic (exact) mass is 567 g/mol. The number of anilines is 2. The number of primary amides is 1. The second-order valence-corrected chi connectivity index (χ2v) is 9.60. The molecule has 0 aliphatic carbocycles. The number of rotatable bonds is 6. The summed E-state index contributed by atoms with van der Waals surface area (Å²) in [6.07, 6.45) is -4.01. The zero-order chi connectivity index (χ0) is 29.5. The molecule has 5 rings (SSSR count). The number of aryl methyl sites for hydroxylation is 3. The zero-order valence-electron chi connectivity index (χ0n) is 22.0. The Morgan fingerprint density at radius 2 is 1.90 bits per heavy atom. The number of fused-ring (bicyclic) bond motifs is 2. The second-order valence-electron chi connectivity index (χ2n) is 9.60. The Morgan fingerprint density at radius 1 is 1.12 bits per heavy atom. The zero-order valence-corrected chi connectivity index (χ0v) is 22.0. The number of hydrogen-bond acceptors (Lipinski definition) is 5. The first-order chi connectivity index (χ1) is 19.5. The summed E-state index contributed by atoms with van der Waals surface area (Å²) in [6, 6.07) is 12.5. The number of benzene rings is 3. The number of nitrogens with zero attached hydrogens (tertiary/aromatic N) is 2. The molecule has 0 bridgehead atoms. The van der Waals surface area contributed by atoms with E-state index in [1.165, 1.54) is 19.2 Å². The Bertz CT molecular complexity index is 1680. The van der Waals surface area contributed by atoms with Gasteiger partial charge < -0.3 is 21.1 Å². The number of halogens is 4. The fourth-order valence-corrected chi connectivity index (χ4v) is 4.78. The Morgan fingerprint density at radius 3 is 2.59 bits per heavy atom. The van der Waals surface area contributed by atoms with E-state index in [2.05, 4.69) is 15.7 Å². The molecule has 3 aromatic carbocycles. The normalized spacial score (nSPS) is 12.5. The van der Waals surface area contributed by atoms with Crippen LogP contribution in [0.2, 0.25) is 0 Å². The van der Waals surface area contributed by atoms with Gasteiger partial charge in [-0.25, -0.2) is 9.07 Å². The van der Waals surface area contributed by atoms with Crippen LogP contribution >= 0.6 is 0 Å². The predicted molar refractivity (Wildman–Crippen MR) is 143 cm³/mol. The molecule has 0 atom stereocenters. The molecular weight excluding hydrogens is 542 g/mol. The molecular formula is C29H25F4N5O3. The van der Waals surface area contributed by atoms with E-state index in [1.807, 2.05) is 25.1 Å². The molecule has 1 aliphatic rings. The van der Waals surface area contributed by atoms with Crippen LogP contribution in [-0.2, 0) is 25.7 Å². The number of nitrogens with two attached hydrogens (primary N) is 1. The van der Waals surface area contributed by atoms with E-state index < -0.39 is 29.4 Å². The van der Waals surface area contributed by atoms with Crippen LogP contribution in [0.1, 0.15) is 43.0 Å². The fraction of sp³-hybridized carbons (Fsp3) is 0.207. The van der Waals surface area contributed by atoms with Crippen molar-refractivity contribution in [1.82, 2.24) is 15.1 Å². The SMILES string of the molecule is COc1ccc(C(F)(F)F)cc1C(=O)NCc1ccc(-c2nn3c(c2C(N)=O)Nc2ccc(C)cc2CC3)c(F)c1. The van der Waals surface area contributed by atoms with Crippen LogP contribution in [0.4, 0.5) is 29.1 Å². The van der Waals surface area contributed by atoms with Crippen molar-refractivity contribution in [2.75, 3.05) is 12.4 Å². The molecule has 1 aromatic heterocycles. The first-order valence-electron chi connectivity index (χ1n) is 12.6. The minimum Gasteiger partial charge on any atom is -0.496 e. The van der Waals surface area contributed by atoms with E-state index in [0.29, 0.717) is 30.4 Å². The van der Waals surface area contributed by atoms with Crippen molar-refractivity contribution in [3.05, 3.63) is 93.8 Å². The number of carbonyl (C=O) groups is 2. The Hall–Kier alpha value is -4.87. The minimum atomic E-state index is -4.65. The third kappa shape index (κ3) is 5.45. The molecule has 0 saturated heterocycles. The molecule has 12 heteroatoms. The predicted octanol–water partition coefficient (Wildman–Crippen LogP) is 5.35. The molecule has 4 aromatic rings. The molecule has 0 spiro atoms. The quantitative estimate of drug-likeness (QED) is 0.272. The van der Waals surface area contributed by atoms with Crippen molar-refractivity contribution < 1.29 is 31.9 Å². The summed E-state index contributed by atoms with van der Waals surface area (Å²) in [5.74, 6) is -2.01. The molecule has 4 N–H and O–H groups in total. The van der Waals surface area contributed by atoms with Gasteiger partial charge in [0.05, 0.1) is 18.2 Å². The summed E-state index contributed by atoms with van der Waals surface area (Å²) in [5, 5.41) is 10.2. The van der Waals surface area contributed by atoms with Crippen LogP contribution in [0.5, 0.6) is 5.75 Å². The number of aromatic nitrogens is 2. The molecule has 8 nitrogen and oxygen atoms in total. The maximum absolute atomic E-state index is 15.4. The number of ether oxygens (including phenoxy) is 1. The largest absolute Gasteiger partial charge is 0.496 e. The average molecular weight is 568 g/mol. The second kappa shape index (κ2) is 10.6. The lowest BCUT2D eigenvalue weighted by atomic mass is 10.0. The fourth-order valence-electron chi connectivity index (χ4n) is 4.78. The number of methoxy groups -OCH3 is 1. The summed E-state index contributed by atoms with van der Waals surface area (Å²) in [4.78, 5) is 25.2. The Balaban J connectivity index is 1.40. The van der Waals surface area contributed by atoms with E-state index >= 15 is 4.39 Å². The maximum Gasteiger partial charge on any atom is 0.416 e. The molecule has 2 heterocycles. The van der Waals surface area contributed by atoms with E-state index in [-0.39, 0.29) is 34.7 Å². The van der Waals surface area contributed by atoms with Crippen LogP contribution in [0, 0.1) is 12.7 Å². The smallest absolute Gasteiger partial charge is 0.416 e. The van der Waals surface area contributed by atoms with Crippen LogP contribution in [0.3, 0.4) is 0 Å². The number of nitrogens with one attached hydrogen (secondary N) is 2. The third-order valence-electron chi connectivity index (χ3n) is 6.82. The summed E-state index contributed by atoms with van der Waals surface area (Å²) < 4.78 is 61.4. The van der Waals surface area contributed by atoms with Gasteiger partial charge in [-0.3, -0.25) is 9.59 Å². The molecule has 0 radical (unpaired) electrons. The van der Waals surface area contributed by atoms with E-state index in [4.69, 9.17) is 10.5 Å². The molecule has 1 aliphatic heterocycles. The molecule has 41 heavy (non-hydrogen) atoms. The van der Waals surface area contributed by atoms with E-state index in [9.17, 15) is 22.8 Å². The van der Waals surface area contributed by atoms with Gasteiger partial charge >= 0.3 is 6.18 Å². The van der Waals surface area contributed by atoms with Gasteiger partial charge in [0, 0.05) is 24.3 Å². The molecule has 212 valence electrons. The molecule has 0 saturated carbocycles. The van der Waals surface area contributed by atoms with Crippen LogP contribution in [-0.4, -0.2) is 28.7 Å². The highest BCUT2D eigenvalue weighted by atomic mass is 19.4. The van der Waals surface area contributed by atoms with Crippen molar-refractivity contribution in [2.24, 2.45) is 5.73 Å². The third-order valence-corrected chi connectivity index (χ3v) is 6.82. The maximum atomic E-state index is 15.4. The summed E-state index contributed by atoms with van der Waals surface area (Å²) in [5.41, 5.74) is 7.79. The van der Waals surface area contributed by atoms with Gasteiger partial charge in [0.2, 0.25) is 0 Å². The van der Waals surface area contributed by atoms with Crippen molar-refractivity contribution in [1.29, 1.82) is 0 Å². The highest BCUT2D eigenvalue weighted by molar-refractivity contribution is 6.04. The molecule has 0 fully saturated rings. The lowest BCUT2D eigenvalue weighted by Crippen LogP contribution is -2.24. The van der Waals surface area contributed by atoms with Crippen molar-refractivity contribution in [3.8, 4) is 17.0 Å². The van der Waals surface area contributed by atoms with E-state index in [0.717, 1.165) is 35.0 Å². The number of carbonyl (C=O) groups excluding carboxylic acids is 2. The highest BCUT2D eigenvalue weighted by Crippen LogP contribution is 2.36. The molecule has 2 amide bonds. The lowest BCUT2D eigenvalue weighted by molar-refractivity contribution is -0.137. The minimum absolute atomic E-state index is 0.0277. The molecule has 0 unspecified atom stereocenters. The Labute approximate surface area is 232 Å². The van der Waals surface area contributed by atoms with Crippen LogP contribution < -0.4 is 21.1 Å². The summed E-state index contributed by atoms with van der Waals surface area (Å²) in [7, 11) is 1.23. The average Bonchev–Trinajstić information content (AvgIpc) is 3.19. The van der Waals surface area contributed by atoms with Gasteiger partial charge in [0.1, 0.15) is 28.6 Å². The number of alkyl halides is 3.